The first kappa shape index (κ1) is 11.2. The Balaban J connectivity index is 1.99. The van der Waals surface area contributed by atoms with Gasteiger partial charge in [-0.3, -0.25) is 0 Å². The molecule has 0 atom stereocenters. The molecule has 0 fully saturated rings. The van der Waals surface area contributed by atoms with Crippen LogP contribution in [0.25, 0.3) is 5.52 Å². The van der Waals surface area contributed by atoms with E-state index >= 15 is 0 Å². The van der Waals surface area contributed by atoms with E-state index in [0.29, 0.717) is 11.4 Å². The van der Waals surface area contributed by atoms with Crippen molar-refractivity contribution in [1.29, 1.82) is 0 Å². The van der Waals surface area contributed by atoms with Crippen molar-refractivity contribution in [2.75, 3.05) is 0 Å². The van der Waals surface area contributed by atoms with Crippen LogP contribution < -0.4 is 0 Å². The molecule has 0 saturated heterocycles. The topological polar surface area (TPSA) is 17.3 Å². The second kappa shape index (κ2) is 4.42. The summed E-state index contributed by atoms with van der Waals surface area (Å²) in [5.74, 6) is 0.661. The molecular weight excluding hydrogens is 251 g/mol. The SMILES string of the molecule is Fc1ccc(Cc2ncc3ccc(Cl)cn23)cc1. The van der Waals surface area contributed by atoms with Crippen molar-refractivity contribution in [2.24, 2.45) is 0 Å². The van der Waals surface area contributed by atoms with Crippen LogP contribution in [-0.4, -0.2) is 9.38 Å². The molecule has 0 saturated carbocycles. The van der Waals surface area contributed by atoms with E-state index in [1.54, 1.807) is 18.3 Å². The van der Waals surface area contributed by atoms with Crippen molar-refractivity contribution >= 4 is 17.1 Å². The minimum Gasteiger partial charge on any atom is -0.302 e. The van der Waals surface area contributed by atoms with Gasteiger partial charge in [-0.1, -0.05) is 23.7 Å². The average Bonchev–Trinajstić information content (AvgIpc) is 2.75. The van der Waals surface area contributed by atoms with Crippen molar-refractivity contribution in [1.82, 2.24) is 9.38 Å². The van der Waals surface area contributed by atoms with Crippen LogP contribution in [-0.2, 0) is 6.42 Å². The number of benzene rings is 1. The molecule has 0 aliphatic rings. The predicted octanol–water partition coefficient (Wildman–Crippen LogP) is 3.72. The first-order valence-electron chi connectivity index (χ1n) is 5.58. The monoisotopic (exact) mass is 260 g/mol. The first-order valence-corrected chi connectivity index (χ1v) is 5.96. The van der Waals surface area contributed by atoms with E-state index in [-0.39, 0.29) is 5.82 Å². The normalized spacial score (nSPS) is 11.0. The quantitative estimate of drug-likeness (QED) is 0.686. The highest BCUT2D eigenvalue weighted by Crippen LogP contribution is 2.15. The molecule has 2 heterocycles. The number of fused-ring (bicyclic) bond motifs is 1. The van der Waals surface area contributed by atoms with E-state index in [9.17, 15) is 4.39 Å². The Hall–Kier alpha value is -1.87. The Kier molecular flexibility index (Phi) is 2.76. The van der Waals surface area contributed by atoms with Gasteiger partial charge in [0.05, 0.1) is 16.7 Å². The number of hydrogen-bond donors (Lipinski definition) is 0. The van der Waals surface area contributed by atoms with Crippen LogP contribution in [0.1, 0.15) is 11.4 Å². The van der Waals surface area contributed by atoms with Gasteiger partial charge in [0.2, 0.25) is 0 Å². The number of imidazole rings is 1. The molecule has 1 aromatic carbocycles. The lowest BCUT2D eigenvalue weighted by atomic mass is 10.1. The van der Waals surface area contributed by atoms with Crippen LogP contribution in [0.4, 0.5) is 4.39 Å². The van der Waals surface area contributed by atoms with Gasteiger partial charge in [0, 0.05) is 12.6 Å². The van der Waals surface area contributed by atoms with E-state index in [0.717, 1.165) is 16.9 Å². The molecule has 0 radical (unpaired) electrons. The van der Waals surface area contributed by atoms with Crippen molar-refractivity contribution in [3.63, 3.8) is 0 Å². The van der Waals surface area contributed by atoms with Gasteiger partial charge in [0.15, 0.2) is 0 Å². The zero-order chi connectivity index (χ0) is 12.5. The number of halogens is 2. The molecule has 3 aromatic rings. The second-order valence-electron chi connectivity index (χ2n) is 4.12. The maximum absolute atomic E-state index is 12.8. The fourth-order valence-electron chi connectivity index (χ4n) is 1.93. The van der Waals surface area contributed by atoms with Gasteiger partial charge in [0.25, 0.3) is 0 Å². The third-order valence-corrected chi connectivity index (χ3v) is 3.07. The maximum Gasteiger partial charge on any atom is 0.123 e. The van der Waals surface area contributed by atoms with Crippen LogP contribution in [0.3, 0.4) is 0 Å². The summed E-state index contributed by atoms with van der Waals surface area (Å²) < 4.78 is 14.8. The zero-order valence-electron chi connectivity index (χ0n) is 9.48. The van der Waals surface area contributed by atoms with Crippen LogP contribution >= 0.6 is 11.6 Å². The van der Waals surface area contributed by atoms with Crippen LogP contribution in [0.15, 0.2) is 48.8 Å². The fraction of sp³-hybridized carbons (Fsp3) is 0.0714. The van der Waals surface area contributed by atoms with Crippen LogP contribution in [0, 0.1) is 5.82 Å². The lowest BCUT2D eigenvalue weighted by Gasteiger charge is -2.02. The predicted molar refractivity (Wildman–Crippen MR) is 69.4 cm³/mol. The van der Waals surface area contributed by atoms with Crippen LogP contribution in [0.2, 0.25) is 5.02 Å². The highest BCUT2D eigenvalue weighted by atomic mass is 35.5. The molecule has 18 heavy (non-hydrogen) atoms. The molecular formula is C14H10ClFN2. The van der Waals surface area contributed by atoms with Gasteiger partial charge < -0.3 is 4.40 Å². The second-order valence-corrected chi connectivity index (χ2v) is 4.56. The van der Waals surface area contributed by atoms with E-state index < -0.39 is 0 Å². The molecule has 90 valence electrons. The number of nitrogens with zero attached hydrogens (tertiary/aromatic N) is 2. The third kappa shape index (κ3) is 2.09. The zero-order valence-corrected chi connectivity index (χ0v) is 10.2. The minimum atomic E-state index is -0.227. The van der Waals surface area contributed by atoms with E-state index in [4.69, 9.17) is 11.6 Å². The summed E-state index contributed by atoms with van der Waals surface area (Å²) in [7, 11) is 0. The largest absolute Gasteiger partial charge is 0.302 e. The van der Waals surface area contributed by atoms with Crippen molar-refractivity contribution in [3.8, 4) is 0 Å². The molecule has 0 aliphatic carbocycles. The molecule has 0 unspecified atom stereocenters. The average molecular weight is 261 g/mol. The Bertz CT molecular complexity index is 689. The first-order chi connectivity index (χ1) is 8.72. The summed E-state index contributed by atoms with van der Waals surface area (Å²) in [6, 6.07) is 10.2. The molecule has 0 aliphatic heterocycles. The Morgan fingerprint density at radius 1 is 1.11 bits per heavy atom. The Morgan fingerprint density at radius 2 is 1.89 bits per heavy atom. The molecule has 4 heteroatoms. The standard InChI is InChI=1S/C14H10ClFN2/c15-11-3-6-13-8-17-14(18(13)9-11)7-10-1-4-12(16)5-2-10/h1-6,8-9H,7H2. The van der Waals surface area contributed by atoms with Gasteiger partial charge in [-0.25, -0.2) is 9.37 Å². The van der Waals surface area contributed by atoms with Crippen molar-refractivity contribution < 1.29 is 4.39 Å². The Morgan fingerprint density at radius 3 is 2.67 bits per heavy atom. The summed E-state index contributed by atoms with van der Waals surface area (Å²) in [6.45, 7) is 0. The molecule has 0 amide bonds. The lowest BCUT2D eigenvalue weighted by molar-refractivity contribution is 0.627. The summed E-state index contributed by atoms with van der Waals surface area (Å²) in [4.78, 5) is 4.36. The lowest BCUT2D eigenvalue weighted by Crippen LogP contribution is -1.96. The van der Waals surface area contributed by atoms with Crippen LogP contribution in [0.5, 0.6) is 0 Å². The molecule has 2 nitrogen and oxygen atoms in total. The number of aromatic nitrogens is 2. The van der Waals surface area contributed by atoms with E-state index in [2.05, 4.69) is 4.98 Å². The summed E-state index contributed by atoms with van der Waals surface area (Å²) >= 11 is 5.97. The van der Waals surface area contributed by atoms with Crippen molar-refractivity contribution in [3.05, 3.63) is 71.0 Å². The van der Waals surface area contributed by atoms with Gasteiger partial charge in [-0.2, -0.15) is 0 Å². The summed E-state index contributed by atoms with van der Waals surface area (Å²) in [6.07, 6.45) is 4.28. The summed E-state index contributed by atoms with van der Waals surface area (Å²) in [5, 5.41) is 0.667. The smallest absolute Gasteiger partial charge is 0.123 e. The number of pyridine rings is 1. The molecule has 2 aromatic heterocycles. The highest BCUT2D eigenvalue weighted by Gasteiger charge is 2.05. The molecule has 0 spiro atoms. The van der Waals surface area contributed by atoms with Gasteiger partial charge in [-0.05, 0) is 29.8 Å². The van der Waals surface area contributed by atoms with Gasteiger partial charge in [0.1, 0.15) is 11.6 Å². The Labute approximate surface area is 109 Å². The third-order valence-electron chi connectivity index (χ3n) is 2.84. The van der Waals surface area contributed by atoms with Gasteiger partial charge in [-0.15, -0.1) is 0 Å². The van der Waals surface area contributed by atoms with E-state index in [1.165, 1.54) is 12.1 Å². The minimum absolute atomic E-state index is 0.227. The fourth-order valence-corrected chi connectivity index (χ4v) is 2.09. The number of rotatable bonds is 2. The molecule has 3 rings (SSSR count). The van der Waals surface area contributed by atoms with Crippen molar-refractivity contribution in [2.45, 2.75) is 6.42 Å². The maximum atomic E-state index is 12.8. The molecule has 0 N–H and O–H groups in total. The summed E-state index contributed by atoms with van der Waals surface area (Å²) in [5.41, 5.74) is 2.01. The van der Waals surface area contributed by atoms with E-state index in [1.807, 2.05) is 22.7 Å². The molecule has 0 bridgehead atoms. The van der Waals surface area contributed by atoms with Gasteiger partial charge >= 0.3 is 0 Å². The number of hydrogen-bond acceptors (Lipinski definition) is 1. The highest BCUT2D eigenvalue weighted by molar-refractivity contribution is 6.30.